The van der Waals surface area contributed by atoms with Crippen LogP contribution in [0.3, 0.4) is 0 Å². The summed E-state index contributed by atoms with van der Waals surface area (Å²) < 4.78 is 53.1. The van der Waals surface area contributed by atoms with Crippen molar-refractivity contribution in [1.82, 2.24) is 10.2 Å². The van der Waals surface area contributed by atoms with E-state index in [9.17, 15) is 13.2 Å². The van der Waals surface area contributed by atoms with Gasteiger partial charge in [-0.15, -0.1) is 13.2 Å². The second-order valence-corrected chi connectivity index (χ2v) is 7.34. The third-order valence-corrected chi connectivity index (χ3v) is 5.51. The number of methoxy groups -OCH3 is 2. The molecule has 0 amide bonds. The zero-order valence-corrected chi connectivity index (χ0v) is 17.6. The number of alkyl halides is 3. The van der Waals surface area contributed by atoms with Crippen molar-refractivity contribution in [1.29, 1.82) is 0 Å². The van der Waals surface area contributed by atoms with Crippen LogP contribution in [0, 0.1) is 0 Å². The second kappa shape index (κ2) is 9.23. The number of nitrogens with one attached hydrogen (secondary N) is 1. The number of halogens is 4. The molecule has 3 rings (SSSR count). The van der Waals surface area contributed by atoms with Gasteiger partial charge in [0, 0.05) is 26.2 Å². The molecular formula is C20H22BrF3N2O3. The Morgan fingerprint density at radius 3 is 2.00 bits per heavy atom. The Kier molecular flexibility index (Phi) is 6.92. The minimum absolute atomic E-state index is 0.173. The summed E-state index contributed by atoms with van der Waals surface area (Å²) in [7, 11) is 3.15. The van der Waals surface area contributed by atoms with Crippen molar-refractivity contribution >= 4 is 15.9 Å². The summed E-state index contributed by atoms with van der Waals surface area (Å²) >= 11 is 3.48. The number of rotatable bonds is 6. The first-order chi connectivity index (χ1) is 13.8. The molecule has 5 nitrogen and oxygen atoms in total. The molecule has 158 valence electrons. The average molecular weight is 475 g/mol. The van der Waals surface area contributed by atoms with Gasteiger partial charge < -0.3 is 19.5 Å². The number of nitrogens with zero attached hydrogens (tertiary/aromatic N) is 1. The molecule has 2 aromatic carbocycles. The highest BCUT2D eigenvalue weighted by Gasteiger charge is 2.31. The molecule has 1 aliphatic heterocycles. The molecule has 0 bridgehead atoms. The SMILES string of the molecule is COc1cc([C@@H](c2ccc(OC(F)(F)F)cc2)N2CCNCC2)cc(OC)c1Br. The Balaban J connectivity index is 2.02. The van der Waals surface area contributed by atoms with Crippen LogP contribution in [0.15, 0.2) is 40.9 Å². The van der Waals surface area contributed by atoms with Crippen molar-refractivity contribution in [3.8, 4) is 17.2 Å². The Labute approximate surface area is 175 Å². The van der Waals surface area contributed by atoms with Gasteiger partial charge in [0.05, 0.1) is 20.3 Å². The summed E-state index contributed by atoms with van der Waals surface area (Å²) in [5, 5.41) is 3.32. The normalized spacial score (nSPS) is 16.3. The fourth-order valence-corrected chi connectivity index (χ4v) is 4.01. The van der Waals surface area contributed by atoms with E-state index < -0.39 is 6.36 Å². The molecule has 0 aliphatic carbocycles. The van der Waals surface area contributed by atoms with Crippen LogP contribution in [0.25, 0.3) is 0 Å². The van der Waals surface area contributed by atoms with E-state index in [4.69, 9.17) is 9.47 Å². The monoisotopic (exact) mass is 474 g/mol. The first-order valence-electron chi connectivity index (χ1n) is 9.04. The molecule has 9 heteroatoms. The molecule has 0 spiro atoms. The van der Waals surface area contributed by atoms with E-state index in [-0.39, 0.29) is 11.8 Å². The van der Waals surface area contributed by atoms with E-state index in [1.165, 1.54) is 12.1 Å². The summed E-state index contributed by atoms with van der Waals surface area (Å²) in [6.45, 7) is 3.26. The lowest BCUT2D eigenvalue weighted by atomic mass is 9.95. The van der Waals surface area contributed by atoms with Crippen molar-refractivity contribution in [3.05, 3.63) is 52.0 Å². The number of benzene rings is 2. The molecule has 0 saturated carbocycles. The topological polar surface area (TPSA) is 43.0 Å². The van der Waals surface area contributed by atoms with Gasteiger partial charge in [0.25, 0.3) is 0 Å². The second-order valence-electron chi connectivity index (χ2n) is 6.54. The zero-order valence-electron chi connectivity index (χ0n) is 16.1. The predicted octanol–water partition coefficient (Wildman–Crippen LogP) is 4.36. The Bertz CT molecular complexity index is 800. The van der Waals surface area contributed by atoms with Crippen LogP contribution < -0.4 is 19.5 Å². The van der Waals surface area contributed by atoms with Crippen molar-refractivity contribution in [2.45, 2.75) is 12.4 Å². The highest BCUT2D eigenvalue weighted by molar-refractivity contribution is 9.10. The lowest BCUT2D eigenvalue weighted by Gasteiger charge is -2.36. The van der Waals surface area contributed by atoms with Gasteiger partial charge >= 0.3 is 6.36 Å². The van der Waals surface area contributed by atoms with E-state index >= 15 is 0 Å². The first kappa shape index (κ1) is 21.7. The van der Waals surface area contributed by atoms with Crippen LogP contribution in [-0.4, -0.2) is 51.7 Å². The van der Waals surface area contributed by atoms with E-state index in [2.05, 4.69) is 30.9 Å². The molecule has 0 unspecified atom stereocenters. The van der Waals surface area contributed by atoms with Gasteiger partial charge in [-0.2, -0.15) is 0 Å². The molecule has 0 radical (unpaired) electrons. The molecule has 1 atom stereocenters. The molecule has 1 saturated heterocycles. The third-order valence-electron chi connectivity index (χ3n) is 4.73. The zero-order chi connectivity index (χ0) is 21.0. The summed E-state index contributed by atoms with van der Waals surface area (Å²) in [6, 6.07) is 9.66. The number of hydrogen-bond acceptors (Lipinski definition) is 5. The molecular weight excluding hydrogens is 453 g/mol. The van der Waals surface area contributed by atoms with Crippen LogP contribution in [0.5, 0.6) is 17.2 Å². The number of ether oxygens (including phenoxy) is 3. The highest BCUT2D eigenvalue weighted by Crippen LogP contribution is 2.40. The van der Waals surface area contributed by atoms with Crippen LogP contribution in [0.4, 0.5) is 13.2 Å². The van der Waals surface area contributed by atoms with Gasteiger partial charge in [0.1, 0.15) is 21.7 Å². The maximum Gasteiger partial charge on any atom is 0.573 e. The van der Waals surface area contributed by atoms with E-state index in [1.54, 1.807) is 26.4 Å². The fraction of sp³-hybridized carbons (Fsp3) is 0.400. The van der Waals surface area contributed by atoms with Gasteiger partial charge in [-0.1, -0.05) is 12.1 Å². The van der Waals surface area contributed by atoms with Gasteiger partial charge in [-0.3, -0.25) is 4.90 Å². The van der Waals surface area contributed by atoms with Crippen molar-refractivity contribution in [2.24, 2.45) is 0 Å². The largest absolute Gasteiger partial charge is 0.573 e. The van der Waals surface area contributed by atoms with Crippen molar-refractivity contribution in [3.63, 3.8) is 0 Å². The van der Waals surface area contributed by atoms with Crippen molar-refractivity contribution < 1.29 is 27.4 Å². The molecule has 1 fully saturated rings. The average Bonchev–Trinajstić information content (AvgIpc) is 2.70. The molecule has 0 aromatic heterocycles. The Morgan fingerprint density at radius 1 is 0.966 bits per heavy atom. The van der Waals surface area contributed by atoms with E-state index in [0.717, 1.165) is 37.3 Å². The van der Waals surface area contributed by atoms with Crippen LogP contribution in [0.1, 0.15) is 17.2 Å². The summed E-state index contributed by atoms with van der Waals surface area (Å²) in [5.41, 5.74) is 1.78. The van der Waals surface area contributed by atoms with Gasteiger partial charge in [0.2, 0.25) is 0 Å². The summed E-state index contributed by atoms with van der Waals surface area (Å²) in [4.78, 5) is 2.28. The molecule has 1 aliphatic rings. The maximum atomic E-state index is 12.5. The highest BCUT2D eigenvalue weighted by atomic mass is 79.9. The van der Waals surface area contributed by atoms with Gasteiger partial charge in [-0.25, -0.2) is 0 Å². The van der Waals surface area contributed by atoms with Crippen molar-refractivity contribution in [2.75, 3.05) is 40.4 Å². The molecule has 2 aromatic rings. The van der Waals surface area contributed by atoms with Crippen LogP contribution in [0.2, 0.25) is 0 Å². The van der Waals surface area contributed by atoms with Gasteiger partial charge in [0.15, 0.2) is 0 Å². The first-order valence-corrected chi connectivity index (χ1v) is 9.83. The van der Waals surface area contributed by atoms with E-state index in [0.29, 0.717) is 16.0 Å². The Morgan fingerprint density at radius 2 is 1.52 bits per heavy atom. The quantitative estimate of drug-likeness (QED) is 0.673. The van der Waals surface area contributed by atoms with Gasteiger partial charge in [-0.05, 0) is 51.3 Å². The smallest absolute Gasteiger partial charge is 0.495 e. The third kappa shape index (κ3) is 5.34. The minimum atomic E-state index is -4.72. The minimum Gasteiger partial charge on any atom is -0.495 e. The Hall–Kier alpha value is -1.97. The molecule has 29 heavy (non-hydrogen) atoms. The molecule has 1 N–H and O–H groups in total. The number of piperazine rings is 1. The fourth-order valence-electron chi connectivity index (χ4n) is 3.45. The summed E-state index contributed by atoms with van der Waals surface area (Å²) in [5.74, 6) is 0.999. The predicted molar refractivity (Wildman–Crippen MR) is 107 cm³/mol. The lowest BCUT2D eigenvalue weighted by molar-refractivity contribution is -0.274. The standard InChI is InChI=1S/C20H22BrF3N2O3/c1-27-16-11-14(12-17(28-2)18(16)21)19(26-9-7-25-8-10-26)13-3-5-15(6-4-13)29-20(22,23)24/h3-6,11-12,19,25H,7-10H2,1-2H3/t19-/m1/s1. The van der Waals surface area contributed by atoms with Crippen LogP contribution in [-0.2, 0) is 0 Å². The van der Waals surface area contributed by atoms with Crippen LogP contribution >= 0.6 is 15.9 Å². The van der Waals surface area contributed by atoms with E-state index in [1.807, 2.05) is 12.1 Å². The lowest BCUT2D eigenvalue weighted by Crippen LogP contribution is -2.45. The maximum absolute atomic E-state index is 12.5. The molecule has 1 heterocycles. The number of hydrogen-bond donors (Lipinski definition) is 1. The summed E-state index contributed by atoms with van der Waals surface area (Å²) in [6.07, 6.45) is -4.72.